The Bertz CT molecular complexity index is 1150. The van der Waals surface area contributed by atoms with Gasteiger partial charge in [-0.05, 0) is 55.4 Å². The van der Waals surface area contributed by atoms with Crippen LogP contribution in [0.2, 0.25) is 0 Å². The molecule has 1 saturated carbocycles. The second-order valence-corrected chi connectivity index (χ2v) is 8.96. The first-order chi connectivity index (χ1) is 15.9. The number of aryl methyl sites for hydroxylation is 1. The van der Waals surface area contributed by atoms with E-state index in [9.17, 15) is 9.59 Å². The lowest BCUT2D eigenvalue weighted by Crippen LogP contribution is -2.42. The number of hydrogen-bond acceptors (Lipinski definition) is 3. The lowest BCUT2D eigenvalue weighted by atomic mass is 9.88. The number of aromatic amines is 1. The molecule has 0 bridgehead atoms. The van der Waals surface area contributed by atoms with E-state index < -0.39 is 0 Å². The van der Waals surface area contributed by atoms with Gasteiger partial charge in [0, 0.05) is 51.0 Å². The fourth-order valence-corrected chi connectivity index (χ4v) is 5.42. The van der Waals surface area contributed by atoms with Crippen molar-refractivity contribution in [3.8, 4) is 0 Å². The number of carbonyl (C=O) groups excluding carboxylic acids is 2. The Morgan fingerprint density at radius 3 is 2.64 bits per heavy atom. The van der Waals surface area contributed by atoms with Crippen LogP contribution in [-0.2, 0) is 11.8 Å². The SMILES string of the molecule is CN(C(=O)c1cccc2cc[nH]c12)[C@H]1C[C@H]2CCN(C(=O)c3cccn3C)C[C@H]2C1.O=CO. The number of para-hydroxylation sites is 1. The van der Waals surface area contributed by atoms with Crippen molar-refractivity contribution in [2.75, 3.05) is 20.1 Å². The Morgan fingerprint density at radius 1 is 1.15 bits per heavy atom. The van der Waals surface area contributed by atoms with Crippen LogP contribution < -0.4 is 0 Å². The standard InChI is InChI=1S/C24H28N4O2.CH2O2/c1-26-11-4-7-21(26)24(30)28-12-9-17-13-19(14-18(17)15-28)27(2)23(29)20-6-3-5-16-8-10-25-22(16)20;2-1-3/h3-8,10-11,17-19,25H,9,12-15H2,1-2H3;1H,(H,2,3)/t17-,18-,19+;/m1./s1. The average molecular weight is 451 g/mol. The van der Waals surface area contributed by atoms with E-state index in [0.29, 0.717) is 11.8 Å². The van der Waals surface area contributed by atoms with Gasteiger partial charge in [-0.1, -0.05) is 12.1 Å². The van der Waals surface area contributed by atoms with Gasteiger partial charge in [-0.2, -0.15) is 0 Å². The van der Waals surface area contributed by atoms with Crippen molar-refractivity contribution in [2.24, 2.45) is 18.9 Å². The van der Waals surface area contributed by atoms with Crippen molar-refractivity contribution in [3.63, 3.8) is 0 Å². The molecule has 0 radical (unpaired) electrons. The van der Waals surface area contributed by atoms with E-state index in [1.54, 1.807) is 0 Å². The van der Waals surface area contributed by atoms with Crippen LogP contribution in [0.3, 0.4) is 0 Å². The summed E-state index contributed by atoms with van der Waals surface area (Å²) in [6, 6.07) is 11.9. The molecule has 1 aliphatic carbocycles. The number of piperidine rings is 1. The van der Waals surface area contributed by atoms with Gasteiger partial charge in [-0.3, -0.25) is 14.4 Å². The summed E-state index contributed by atoms with van der Waals surface area (Å²) in [6.07, 6.45) is 6.80. The molecule has 1 saturated heterocycles. The summed E-state index contributed by atoms with van der Waals surface area (Å²) in [5.74, 6) is 1.24. The van der Waals surface area contributed by atoms with Crippen molar-refractivity contribution < 1.29 is 19.5 Å². The fraction of sp³-hybridized carbons (Fsp3) is 0.400. The molecule has 3 aromatic rings. The molecule has 0 unspecified atom stereocenters. The third kappa shape index (κ3) is 4.37. The predicted molar refractivity (Wildman–Crippen MR) is 125 cm³/mol. The molecule has 174 valence electrons. The van der Waals surface area contributed by atoms with Gasteiger partial charge in [-0.25, -0.2) is 0 Å². The third-order valence-electron chi connectivity index (χ3n) is 7.18. The van der Waals surface area contributed by atoms with Crippen LogP contribution in [0.5, 0.6) is 0 Å². The van der Waals surface area contributed by atoms with E-state index in [-0.39, 0.29) is 24.3 Å². The molecular formula is C25H30N4O4. The first-order valence-electron chi connectivity index (χ1n) is 11.3. The van der Waals surface area contributed by atoms with Crippen LogP contribution in [0.15, 0.2) is 48.8 Å². The molecule has 2 amide bonds. The average Bonchev–Trinajstić information content (AvgIpc) is 3.56. The number of rotatable bonds is 3. The predicted octanol–water partition coefficient (Wildman–Crippen LogP) is 3.22. The Hall–Kier alpha value is -3.55. The highest BCUT2D eigenvalue weighted by Gasteiger charge is 2.42. The topological polar surface area (TPSA) is 98.6 Å². The molecule has 3 heterocycles. The van der Waals surface area contributed by atoms with Crippen molar-refractivity contribution in [3.05, 3.63) is 60.0 Å². The number of likely N-dealkylation sites (tertiary alicyclic amines) is 1. The first-order valence-corrected chi connectivity index (χ1v) is 11.3. The molecular weight excluding hydrogens is 420 g/mol. The first kappa shape index (κ1) is 22.6. The minimum Gasteiger partial charge on any atom is -0.483 e. The van der Waals surface area contributed by atoms with Gasteiger partial charge in [0.2, 0.25) is 0 Å². The summed E-state index contributed by atoms with van der Waals surface area (Å²) >= 11 is 0. The number of carbonyl (C=O) groups is 3. The highest BCUT2D eigenvalue weighted by molar-refractivity contribution is 6.05. The summed E-state index contributed by atoms with van der Waals surface area (Å²) in [5.41, 5.74) is 2.38. The normalized spacial score (nSPS) is 21.8. The van der Waals surface area contributed by atoms with E-state index in [0.717, 1.165) is 54.5 Å². The molecule has 1 aliphatic heterocycles. The minimum atomic E-state index is -0.250. The summed E-state index contributed by atoms with van der Waals surface area (Å²) in [6.45, 7) is 1.34. The number of H-pyrrole nitrogens is 1. The number of fused-ring (bicyclic) bond motifs is 2. The maximum absolute atomic E-state index is 13.3. The zero-order valence-electron chi connectivity index (χ0n) is 19.0. The Morgan fingerprint density at radius 2 is 1.91 bits per heavy atom. The van der Waals surface area contributed by atoms with Crippen LogP contribution in [0.4, 0.5) is 0 Å². The number of aromatic nitrogens is 2. The maximum Gasteiger partial charge on any atom is 0.290 e. The summed E-state index contributed by atoms with van der Waals surface area (Å²) < 4.78 is 1.89. The monoisotopic (exact) mass is 450 g/mol. The van der Waals surface area contributed by atoms with Crippen molar-refractivity contribution >= 4 is 29.2 Å². The molecule has 2 aliphatic rings. The van der Waals surface area contributed by atoms with Crippen molar-refractivity contribution in [1.82, 2.24) is 19.4 Å². The molecule has 5 rings (SSSR count). The highest BCUT2D eigenvalue weighted by Crippen LogP contribution is 2.40. The van der Waals surface area contributed by atoms with Gasteiger partial charge in [0.1, 0.15) is 5.69 Å². The molecule has 2 fully saturated rings. The molecule has 2 aromatic heterocycles. The zero-order chi connectivity index (χ0) is 23.5. The van der Waals surface area contributed by atoms with Crippen molar-refractivity contribution in [1.29, 1.82) is 0 Å². The van der Waals surface area contributed by atoms with Gasteiger partial charge >= 0.3 is 0 Å². The Kier molecular flexibility index (Phi) is 6.53. The minimum absolute atomic E-state index is 0.0726. The second-order valence-electron chi connectivity index (χ2n) is 8.96. The number of hydrogen-bond donors (Lipinski definition) is 2. The van der Waals surface area contributed by atoms with Gasteiger partial charge in [-0.15, -0.1) is 0 Å². The van der Waals surface area contributed by atoms with E-state index in [2.05, 4.69) is 4.98 Å². The van der Waals surface area contributed by atoms with Crippen LogP contribution in [0.1, 0.15) is 40.1 Å². The van der Waals surface area contributed by atoms with Gasteiger partial charge in [0.25, 0.3) is 18.3 Å². The number of carboxylic acid groups (broad SMARTS) is 1. The van der Waals surface area contributed by atoms with Gasteiger partial charge in [0.15, 0.2) is 0 Å². The lowest BCUT2D eigenvalue weighted by Gasteiger charge is -2.35. The van der Waals surface area contributed by atoms with E-state index in [1.165, 1.54) is 0 Å². The quantitative estimate of drug-likeness (QED) is 0.599. The number of nitrogens with zero attached hydrogens (tertiary/aromatic N) is 3. The largest absolute Gasteiger partial charge is 0.483 e. The van der Waals surface area contributed by atoms with Crippen LogP contribution in [0, 0.1) is 11.8 Å². The smallest absolute Gasteiger partial charge is 0.290 e. The molecule has 8 heteroatoms. The number of benzene rings is 1. The van der Waals surface area contributed by atoms with Gasteiger partial charge < -0.3 is 24.5 Å². The fourth-order valence-electron chi connectivity index (χ4n) is 5.42. The van der Waals surface area contributed by atoms with Crippen LogP contribution in [0.25, 0.3) is 10.9 Å². The maximum atomic E-state index is 13.3. The molecule has 8 nitrogen and oxygen atoms in total. The molecule has 3 atom stereocenters. The third-order valence-corrected chi connectivity index (χ3v) is 7.18. The van der Waals surface area contributed by atoms with Gasteiger partial charge in [0.05, 0.1) is 11.1 Å². The van der Waals surface area contributed by atoms with Crippen molar-refractivity contribution in [2.45, 2.75) is 25.3 Å². The van der Waals surface area contributed by atoms with E-state index >= 15 is 0 Å². The lowest BCUT2D eigenvalue weighted by molar-refractivity contribution is -0.122. The molecule has 2 N–H and O–H groups in total. The van der Waals surface area contributed by atoms with Crippen LogP contribution in [-0.4, -0.2) is 68.9 Å². The molecule has 1 aromatic carbocycles. The Labute approximate surface area is 192 Å². The second kappa shape index (κ2) is 9.52. The number of amides is 2. The summed E-state index contributed by atoms with van der Waals surface area (Å²) in [5, 5.41) is 7.95. The Balaban J connectivity index is 0.000000821. The van der Waals surface area contributed by atoms with E-state index in [4.69, 9.17) is 9.90 Å². The molecule has 33 heavy (non-hydrogen) atoms. The summed E-state index contributed by atoms with van der Waals surface area (Å²) in [4.78, 5) is 41.7. The van der Waals surface area contributed by atoms with Crippen LogP contribution >= 0.6 is 0 Å². The molecule has 0 spiro atoms. The summed E-state index contributed by atoms with van der Waals surface area (Å²) in [7, 11) is 3.84. The number of nitrogens with one attached hydrogen (secondary N) is 1. The van der Waals surface area contributed by atoms with E-state index in [1.807, 2.05) is 77.3 Å². The highest BCUT2D eigenvalue weighted by atomic mass is 16.3. The zero-order valence-corrected chi connectivity index (χ0v) is 19.0.